The monoisotopic (exact) mass is 404 g/mol. The summed E-state index contributed by atoms with van der Waals surface area (Å²) in [5.74, 6) is 0. The molecule has 0 spiro atoms. The Kier molecular flexibility index (Phi) is 5.48. The van der Waals surface area contributed by atoms with Gasteiger partial charge in [-0.05, 0) is 29.8 Å². The molecule has 0 unspecified atom stereocenters. The van der Waals surface area contributed by atoms with Crippen LogP contribution in [0.15, 0.2) is 65.8 Å². The fourth-order valence-electron chi connectivity index (χ4n) is 2.44. The van der Waals surface area contributed by atoms with Gasteiger partial charge in [-0.1, -0.05) is 35.9 Å². The highest BCUT2D eigenvalue weighted by atomic mass is 35.5. The molecule has 0 bridgehead atoms. The van der Waals surface area contributed by atoms with Crippen molar-refractivity contribution in [2.24, 2.45) is 0 Å². The van der Waals surface area contributed by atoms with E-state index in [2.05, 4.69) is 15.7 Å². The lowest BCUT2D eigenvalue weighted by molar-refractivity contribution is 0.251. The van der Waals surface area contributed by atoms with Crippen LogP contribution in [0.4, 0.5) is 10.5 Å². The molecule has 3 rings (SSSR count). The molecule has 1 heterocycles. The Morgan fingerprint density at radius 3 is 2.56 bits per heavy atom. The molecular formula is C18H17ClN4O3S. The lowest BCUT2D eigenvalue weighted by Gasteiger charge is -2.08. The molecule has 0 aliphatic rings. The summed E-state index contributed by atoms with van der Waals surface area (Å²) in [5.41, 5.74) is 1.76. The first-order valence-electron chi connectivity index (χ1n) is 7.96. The van der Waals surface area contributed by atoms with Gasteiger partial charge in [0, 0.05) is 17.8 Å². The van der Waals surface area contributed by atoms with Crippen LogP contribution in [0.5, 0.6) is 0 Å². The third kappa shape index (κ3) is 4.87. The zero-order valence-corrected chi connectivity index (χ0v) is 16.0. The number of hydrogen-bond acceptors (Lipinski definition) is 4. The molecule has 140 valence electrons. The van der Waals surface area contributed by atoms with E-state index in [9.17, 15) is 13.2 Å². The first-order chi connectivity index (χ1) is 12.8. The van der Waals surface area contributed by atoms with E-state index in [1.165, 1.54) is 16.9 Å². The van der Waals surface area contributed by atoms with Gasteiger partial charge in [0.1, 0.15) is 0 Å². The maximum absolute atomic E-state index is 12.0. The summed E-state index contributed by atoms with van der Waals surface area (Å²) < 4.78 is 25.3. The smallest absolute Gasteiger partial charge is 0.319 e. The van der Waals surface area contributed by atoms with E-state index in [4.69, 9.17) is 11.6 Å². The normalized spacial score (nSPS) is 11.2. The van der Waals surface area contributed by atoms with Crippen LogP contribution in [0, 0.1) is 0 Å². The molecule has 0 fully saturated rings. The summed E-state index contributed by atoms with van der Waals surface area (Å²) in [6, 6.07) is 13.3. The van der Waals surface area contributed by atoms with Gasteiger partial charge in [0.05, 0.1) is 28.7 Å². The number of amides is 2. The molecule has 2 amide bonds. The van der Waals surface area contributed by atoms with E-state index in [1.807, 2.05) is 12.1 Å². The maximum atomic E-state index is 12.0. The number of para-hydroxylation sites is 1. The zero-order chi connectivity index (χ0) is 19.4. The fraction of sp³-hybridized carbons (Fsp3) is 0.111. The molecule has 27 heavy (non-hydrogen) atoms. The molecule has 0 saturated carbocycles. The Labute approximate surface area is 161 Å². The number of anilines is 1. The number of sulfone groups is 1. The van der Waals surface area contributed by atoms with Crippen molar-refractivity contribution in [2.75, 3.05) is 11.6 Å². The first kappa shape index (κ1) is 18.9. The molecule has 0 aliphatic heterocycles. The Morgan fingerprint density at radius 2 is 1.85 bits per heavy atom. The highest BCUT2D eigenvalue weighted by Crippen LogP contribution is 2.20. The summed E-state index contributed by atoms with van der Waals surface area (Å²) in [4.78, 5) is 12.2. The molecule has 1 aromatic heterocycles. The predicted octanol–water partition coefficient (Wildman–Crippen LogP) is 3.25. The Hall–Kier alpha value is -2.84. The van der Waals surface area contributed by atoms with Crippen molar-refractivity contribution in [1.29, 1.82) is 0 Å². The lowest BCUT2D eigenvalue weighted by Crippen LogP contribution is -2.27. The number of rotatable bonds is 5. The second-order valence-electron chi connectivity index (χ2n) is 5.85. The summed E-state index contributed by atoms with van der Waals surface area (Å²) in [5, 5.41) is 10.2. The van der Waals surface area contributed by atoms with Gasteiger partial charge >= 0.3 is 6.03 Å². The number of nitrogens with one attached hydrogen (secondary N) is 2. The number of nitrogens with zero attached hydrogens (tertiary/aromatic N) is 2. The van der Waals surface area contributed by atoms with Crippen LogP contribution in [0.3, 0.4) is 0 Å². The molecule has 3 aromatic rings. The average Bonchev–Trinajstić information content (AvgIpc) is 3.09. The number of carbonyl (C=O) groups is 1. The standard InChI is InChI=1S/C18H17ClN4O3S/c1-27(25,26)17-5-3-2-4-16(17)23-12-15(11-21-23)22-18(24)20-10-13-6-8-14(19)9-7-13/h2-9,11-12H,10H2,1H3,(H2,20,22,24). The summed E-state index contributed by atoms with van der Waals surface area (Å²) >= 11 is 5.83. The van der Waals surface area contributed by atoms with Crippen molar-refractivity contribution in [3.63, 3.8) is 0 Å². The van der Waals surface area contributed by atoms with Gasteiger partial charge in [-0.25, -0.2) is 17.9 Å². The minimum Gasteiger partial charge on any atom is -0.334 e. The van der Waals surface area contributed by atoms with Gasteiger partial charge in [0.15, 0.2) is 9.84 Å². The van der Waals surface area contributed by atoms with E-state index >= 15 is 0 Å². The zero-order valence-electron chi connectivity index (χ0n) is 14.4. The summed E-state index contributed by atoms with van der Waals surface area (Å²) in [6.07, 6.45) is 4.13. The van der Waals surface area contributed by atoms with Gasteiger partial charge in [-0.3, -0.25) is 0 Å². The number of aromatic nitrogens is 2. The SMILES string of the molecule is CS(=O)(=O)c1ccccc1-n1cc(NC(=O)NCc2ccc(Cl)cc2)cn1. The highest BCUT2D eigenvalue weighted by Gasteiger charge is 2.15. The molecular weight excluding hydrogens is 388 g/mol. The third-order valence-electron chi connectivity index (χ3n) is 3.72. The molecule has 2 aromatic carbocycles. The van der Waals surface area contributed by atoms with E-state index in [-0.39, 0.29) is 4.90 Å². The van der Waals surface area contributed by atoms with E-state index in [0.29, 0.717) is 22.9 Å². The van der Waals surface area contributed by atoms with Gasteiger partial charge in [0.25, 0.3) is 0 Å². The summed E-state index contributed by atoms with van der Waals surface area (Å²) in [7, 11) is -3.41. The molecule has 0 radical (unpaired) electrons. The van der Waals surface area contributed by atoms with Gasteiger partial charge in [-0.2, -0.15) is 5.10 Å². The fourth-order valence-corrected chi connectivity index (χ4v) is 3.43. The predicted molar refractivity (Wildman–Crippen MR) is 104 cm³/mol. The number of carbonyl (C=O) groups excluding carboxylic acids is 1. The van der Waals surface area contributed by atoms with Crippen molar-refractivity contribution in [2.45, 2.75) is 11.4 Å². The minimum atomic E-state index is -3.41. The highest BCUT2D eigenvalue weighted by molar-refractivity contribution is 7.90. The van der Waals surface area contributed by atoms with E-state index in [0.717, 1.165) is 11.8 Å². The number of hydrogen-bond donors (Lipinski definition) is 2. The topological polar surface area (TPSA) is 93.1 Å². The molecule has 9 heteroatoms. The van der Waals surface area contributed by atoms with Crippen molar-refractivity contribution in [3.05, 3.63) is 71.5 Å². The van der Waals surface area contributed by atoms with Crippen LogP contribution in [0.1, 0.15) is 5.56 Å². The van der Waals surface area contributed by atoms with E-state index in [1.54, 1.807) is 36.5 Å². The molecule has 7 nitrogen and oxygen atoms in total. The number of halogens is 1. The number of benzene rings is 2. The second-order valence-corrected chi connectivity index (χ2v) is 8.27. The summed E-state index contributed by atoms with van der Waals surface area (Å²) in [6.45, 7) is 0.341. The molecule has 2 N–H and O–H groups in total. The van der Waals surface area contributed by atoms with Gasteiger partial charge < -0.3 is 10.6 Å². The van der Waals surface area contributed by atoms with Crippen LogP contribution in [-0.2, 0) is 16.4 Å². The van der Waals surface area contributed by atoms with Crippen LogP contribution in [0.2, 0.25) is 5.02 Å². The largest absolute Gasteiger partial charge is 0.334 e. The van der Waals surface area contributed by atoms with Crippen molar-refractivity contribution < 1.29 is 13.2 Å². The van der Waals surface area contributed by atoms with Crippen LogP contribution < -0.4 is 10.6 Å². The van der Waals surface area contributed by atoms with Gasteiger partial charge in [-0.15, -0.1) is 0 Å². The molecule has 0 saturated heterocycles. The first-order valence-corrected chi connectivity index (χ1v) is 10.2. The quantitative estimate of drug-likeness (QED) is 0.682. The van der Waals surface area contributed by atoms with Crippen LogP contribution in [-0.4, -0.2) is 30.5 Å². The van der Waals surface area contributed by atoms with Crippen LogP contribution >= 0.6 is 11.6 Å². The van der Waals surface area contributed by atoms with Crippen molar-refractivity contribution in [3.8, 4) is 5.69 Å². The maximum Gasteiger partial charge on any atom is 0.319 e. The van der Waals surface area contributed by atoms with Crippen molar-refractivity contribution in [1.82, 2.24) is 15.1 Å². The molecule has 0 atom stereocenters. The third-order valence-corrected chi connectivity index (χ3v) is 5.11. The second kappa shape index (κ2) is 7.81. The molecule has 0 aliphatic carbocycles. The van der Waals surface area contributed by atoms with Crippen molar-refractivity contribution >= 4 is 33.2 Å². The lowest BCUT2D eigenvalue weighted by atomic mass is 10.2. The average molecular weight is 405 g/mol. The minimum absolute atomic E-state index is 0.159. The van der Waals surface area contributed by atoms with Gasteiger partial charge in [0.2, 0.25) is 0 Å². The van der Waals surface area contributed by atoms with E-state index < -0.39 is 15.9 Å². The Bertz CT molecular complexity index is 1060. The number of urea groups is 1. The van der Waals surface area contributed by atoms with Crippen LogP contribution in [0.25, 0.3) is 5.69 Å². The Morgan fingerprint density at radius 1 is 1.15 bits per heavy atom. The Balaban J connectivity index is 1.68.